The largest absolute Gasteiger partial charge is 0.393 e. The third-order valence-corrected chi connectivity index (χ3v) is 2.23. The molecule has 0 saturated heterocycles. The van der Waals surface area contributed by atoms with Crippen LogP contribution in [0, 0.1) is 12.7 Å². The predicted molar refractivity (Wildman–Crippen MR) is 51.1 cm³/mol. The molecule has 0 aliphatic rings. The lowest BCUT2D eigenvalue weighted by molar-refractivity contribution is 0.170. The highest BCUT2D eigenvalue weighted by molar-refractivity contribution is 5.27. The number of aryl methyl sites for hydroxylation is 1. The number of hydrogen-bond acceptors (Lipinski definition) is 1. The minimum Gasteiger partial charge on any atom is -0.393 e. The summed E-state index contributed by atoms with van der Waals surface area (Å²) in [4.78, 5) is 0. The second-order valence-corrected chi connectivity index (χ2v) is 3.34. The van der Waals surface area contributed by atoms with Crippen molar-refractivity contribution in [2.45, 2.75) is 32.8 Å². The molecule has 1 rings (SSSR count). The summed E-state index contributed by atoms with van der Waals surface area (Å²) in [5, 5.41) is 9.41. The summed E-state index contributed by atoms with van der Waals surface area (Å²) in [5.74, 6) is -0.216. The molecule has 0 heterocycles. The molecular formula is C11H15FO. The van der Waals surface area contributed by atoms with E-state index in [-0.39, 0.29) is 11.9 Å². The molecule has 2 heteroatoms. The SMILES string of the molecule is CC[C@H](O)Cc1ccc(F)cc1C. The van der Waals surface area contributed by atoms with E-state index < -0.39 is 0 Å². The van der Waals surface area contributed by atoms with E-state index in [1.807, 2.05) is 13.8 Å². The molecule has 0 radical (unpaired) electrons. The summed E-state index contributed by atoms with van der Waals surface area (Å²) in [6.07, 6.45) is 1.03. The Labute approximate surface area is 78.2 Å². The predicted octanol–water partition coefficient (Wildman–Crippen LogP) is 2.45. The van der Waals surface area contributed by atoms with E-state index in [9.17, 15) is 9.50 Å². The van der Waals surface area contributed by atoms with E-state index in [4.69, 9.17) is 0 Å². The molecule has 1 atom stereocenters. The molecule has 1 nitrogen and oxygen atoms in total. The first-order chi connectivity index (χ1) is 6.13. The van der Waals surface area contributed by atoms with Crippen molar-refractivity contribution >= 4 is 0 Å². The monoisotopic (exact) mass is 182 g/mol. The van der Waals surface area contributed by atoms with Crippen LogP contribution in [0.3, 0.4) is 0 Å². The molecule has 13 heavy (non-hydrogen) atoms. The van der Waals surface area contributed by atoms with Crippen LogP contribution in [0.4, 0.5) is 4.39 Å². The van der Waals surface area contributed by atoms with E-state index in [1.165, 1.54) is 12.1 Å². The van der Waals surface area contributed by atoms with Gasteiger partial charge < -0.3 is 5.11 Å². The molecule has 0 amide bonds. The Balaban J connectivity index is 2.77. The molecule has 0 saturated carbocycles. The molecule has 0 unspecified atom stereocenters. The van der Waals surface area contributed by atoms with Crippen molar-refractivity contribution in [3.8, 4) is 0 Å². The van der Waals surface area contributed by atoms with Gasteiger partial charge in [0.2, 0.25) is 0 Å². The molecule has 0 spiro atoms. The highest BCUT2D eigenvalue weighted by atomic mass is 19.1. The highest BCUT2D eigenvalue weighted by Gasteiger charge is 2.05. The first kappa shape index (κ1) is 10.2. The second kappa shape index (κ2) is 4.38. The standard InChI is InChI=1S/C11H15FO/c1-3-11(13)7-9-4-5-10(12)6-8(9)2/h4-6,11,13H,3,7H2,1-2H3/t11-/m0/s1. The van der Waals surface area contributed by atoms with E-state index >= 15 is 0 Å². The third-order valence-electron chi connectivity index (χ3n) is 2.23. The average molecular weight is 182 g/mol. The summed E-state index contributed by atoms with van der Waals surface area (Å²) in [6.45, 7) is 3.80. The smallest absolute Gasteiger partial charge is 0.123 e. The van der Waals surface area contributed by atoms with Gasteiger partial charge in [-0.3, -0.25) is 0 Å². The lowest BCUT2D eigenvalue weighted by Gasteiger charge is -2.09. The summed E-state index contributed by atoms with van der Waals surface area (Å²) >= 11 is 0. The molecule has 0 bridgehead atoms. The van der Waals surface area contributed by atoms with Crippen molar-refractivity contribution < 1.29 is 9.50 Å². The minimum absolute atomic E-state index is 0.216. The van der Waals surface area contributed by atoms with Gasteiger partial charge in [0.05, 0.1) is 6.10 Å². The van der Waals surface area contributed by atoms with Crippen molar-refractivity contribution in [2.24, 2.45) is 0 Å². The molecule has 0 fully saturated rings. The van der Waals surface area contributed by atoms with Gasteiger partial charge in [-0.1, -0.05) is 13.0 Å². The first-order valence-electron chi connectivity index (χ1n) is 4.56. The van der Waals surface area contributed by atoms with Gasteiger partial charge in [-0.15, -0.1) is 0 Å². The van der Waals surface area contributed by atoms with Crippen LogP contribution in [0.1, 0.15) is 24.5 Å². The number of rotatable bonds is 3. The zero-order chi connectivity index (χ0) is 9.84. The lowest BCUT2D eigenvalue weighted by Crippen LogP contribution is -2.09. The molecule has 0 aliphatic carbocycles. The van der Waals surface area contributed by atoms with E-state index in [0.717, 1.165) is 17.5 Å². The Bertz CT molecular complexity index is 283. The zero-order valence-corrected chi connectivity index (χ0v) is 8.05. The van der Waals surface area contributed by atoms with Crippen LogP contribution in [0.15, 0.2) is 18.2 Å². The molecule has 0 aromatic heterocycles. The van der Waals surface area contributed by atoms with Crippen LogP contribution in [0.25, 0.3) is 0 Å². The second-order valence-electron chi connectivity index (χ2n) is 3.34. The zero-order valence-electron chi connectivity index (χ0n) is 8.05. The number of aliphatic hydroxyl groups excluding tert-OH is 1. The van der Waals surface area contributed by atoms with E-state index in [1.54, 1.807) is 6.07 Å². The number of benzene rings is 1. The van der Waals surface area contributed by atoms with Crippen molar-refractivity contribution in [1.82, 2.24) is 0 Å². The Morgan fingerprint density at radius 1 is 1.46 bits per heavy atom. The number of halogens is 1. The average Bonchev–Trinajstić information content (AvgIpc) is 2.09. The third kappa shape index (κ3) is 2.81. The normalized spacial score (nSPS) is 12.9. The van der Waals surface area contributed by atoms with Crippen LogP contribution in [-0.2, 0) is 6.42 Å². The quantitative estimate of drug-likeness (QED) is 0.761. The summed E-state index contributed by atoms with van der Waals surface area (Å²) < 4.78 is 12.7. The maximum atomic E-state index is 12.7. The van der Waals surface area contributed by atoms with Gasteiger partial charge in [-0.25, -0.2) is 4.39 Å². The van der Waals surface area contributed by atoms with Gasteiger partial charge in [-0.05, 0) is 43.0 Å². The Morgan fingerprint density at radius 2 is 2.15 bits per heavy atom. The molecule has 0 aliphatic heterocycles. The van der Waals surface area contributed by atoms with Crippen LogP contribution in [-0.4, -0.2) is 11.2 Å². The van der Waals surface area contributed by atoms with Crippen LogP contribution in [0.2, 0.25) is 0 Å². The Hall–Kier alpha value is -0.890. The van der Waals surface area contributed by atoms with Crippen molar-refractivity contribution in [3.05, 3.63) is 35.1 Å². The molecule has 1 N–H and O–H groups in total. The molecule has 1 aromatic carbocycles. The fraction of sp³-hybridized carbons (Fsp3) is 0.455. The maximum Gasteiger partial charge on any atom is 0.123 e. The number of hydrogen-bond donors (Lipinski definition) is 1. The molecular weight excluding hydrogens is 167 g/mol. The van der Waals surface area contributed by atoms with Gasteiger partial charge in [0.1, 0.15) is 5.82 Å². The van der Waals surface area contributed by atoms with Gasteiger partial charge in [0.15, 0.2) is 0 Å². The number of aliphatic hydroxyl groups is 1. The van der Waals surface area contributed by atoms with Crippen LogP contribution < -0.4 is 0 Å². The summed E-state index contributed by atoms with van der Waals surface area (Å²) in [7, 11) is 0. The van der Waals surface area contributed by atoms with Crippen molar-refractivity contribution in [3.63, 3.8) is 0 Å². The topological polar surface area (TPSA) is 20.2 Å². The van der Waals surface area contributed by atoms with Gasteiger partial charge >= 0.3 is 0 Å². The minimum atomic E-state index is -0.316. The summed E-state index contributed by atoms with van der Waals surface area (Å²) in [5.41, 5.74) is 1.93. The maximum absolute atomic E-state index is 12.7. The Morgan fingerprint density at radius 3 is 2.69 bits per heavy atom. The fourth-order valence-corrected chi connectivity index (χ4v) is 1.29. The van der Waals surface area contributed by atoms with E-state index in [0.29, 0.717) is 6.42 Å². The van der Waals surface area contributed by atoms with E-state index in [2.05, 4.69) is 0 Å². The van der Waals surface area contributed by atoms with Crippen molar-refractivity contribution in [2.75, 3.05) is 0 Å². The highest BCUT2D eigenvalue weighted by Crippen LogP contribution is 2.13. The summed E-state index contributed by atoms with van der Waals surface area (Å²) in [6, 6.07) is 4.67. The van der Waals surface area contributed by atoms with Crippen LogP contribution >= 0.6 is 0 Å². The molecule has 1 aromatic rings. The lowest BCUT2D eigenvalue weighted by atomic mass is 10.0. The first-order valence-corrected chi connectivity index (χ1v) is 4.56. The van der Waals surface area contributed by atoms with Crippen LogP contribution in [0.5, 0.6) is 0 Å². The van der Waals surface area contributed by atoms with Crippen molar-refractivity contribution in [1.29, 1.82) is 0 Å². The Kier molecular flexibility index (Phi) is 3.43. The fourth-order valence-electron chi connectivity index (χ4n) is 1.29. The van der Waals surface area contributed by atoms with Gasteiger partial charge in [0.25, 0.3) is 0 Å². The van der Waals surface area contributed by atoms with Gasteiger partial charge in [0, 0.05) is 0 Å². The van der Waals surface area contributed by atoms with Gasteiger partial charge in [-0.2, -0.15) is 0 Å². The molecule has 72 valence electrons.